The number of fused-ring (bicyclic) bond motifs is 1. The molecule has 7 heteroatoms. The highest BCUT2D eigenvalue weighted by Gasteiger charge is 2.27. The van der Waals surface area contributed by atoms with E-state index < -0.39 is 16.0 Å². The molecule has 5 nitrogen and oxygen atoms in total. The average molecular weight is 378 g/mol. The predicted octanol–water partition coefficient (Wildman–Crippen LogP) is 4.02. The molecule has 0 bridgehead atoms. The van der Waals surface area contributed by atoms with Gasteiger partial charge in [0.15, 0.2) is 0 Å². The molecule has 0 saturated heterocycles. The van der Waals surface area contributed by atoms with Gasteiger partial charge in [-0.2, -0.15) is 0 Å². The fraction of sp³-hybridized carbons (Fsp3) is 0.167. The van der Waals surface area contributed by atoms with Crippen LogP contribution in [0.3, 0.4) is 0 Å². The van der Waals surface area contributed by atoms with Crippen molar-refractivity contribution in [1.82, 2.24) is 3.97 Å². The van der Waals surface area contributed by atoms with E-state index in [2.05, 4.69) is 0 Å². The van der Waals surface area contributed by atoms with Crippen molar-refractivity contribution in [3.63, 3.8) is 0 Å². The summed E-state index contributed by atoms with van der Waals surface area (Å²) in [6, 6.07) is 12.7. The van der Waals surface area contributed by atoms with Crippen LogP contribution in [0.1, 0.15) is 23.0 Å². The summed E-state index contributed by atoms with van der Waals surface area (Å²) in [4.78, 5) is 12.4. The molecule has 0 radical (unpaired) electrons. The standard InChI is InChI=1S/C18H16ClNO4S/c1-3-24-18(21)17-11-13-10-14(19)6-9-16(13)20(17)25(22,23)15-7-4-12(2)5-8-15/h4-11H,3H2,1-2H3. The van der Waals surface area contributed by atoms with Crippen molar-refractivity contribution in [2.45, 2.75) is 18.7 Å². The van der Waals surface area contributed by atoms with Gasteiger partial charge in [-0.15, -0.1) is 0 Å². The Morgan fingerprint density at radius 2 is 1.80 bits per heavy atom. The van der Waals surface area contributed by atoms with E-state index >= 15 is 0 Å². The quantitative estimate of drug-likeness (QED) is 0.644. The molecule has 0 saturated carbocycles. The third-order valence-corrected chi connectivity index (χ3v) is 5.74. The average Bonchev–Trinajstić information content (AvgIpc) is 2.94. The maximum absolute atomic E-state index is 13.2. The van der Waals surface area contributed by atoms with Gasteiger partial charge in [0, 0.05) is 10.4 Å². The van der Waals surface area contributed by atoms with E-state index in [-0.39, 0.29) is 17.2 Å². The Labute approximate surface area is 150 Å². The molecule has 0 unspecified atom stereocenters. The van der Waals surface area contributed by atoms with Crippen LogP contribution in [-0.4, -0.2) is 25.0 Å². The van der Waals surface area contributed by atoms with Crippen molar-refractivity contribution in [1.29, 1.82) is 0 Å². The molecule has 130 valence electrons. The van der Waals surface area contributed by atoms with E-state index in [1.807, 2.05) is 6.92 Å². The van der Waals surface area contributed by atoms with Gasteiger partial charge in [-0.05, 0) is 50.2 Å². The first kappa shape index (κ1) is 17.5. The molecule has 3 rings (SSSR count). The number of halogens is 1. The van der Waals surface area contributed by atoms with Gasteiger partial charge < -0.3 is 4.74 Å². The van der Waals surface area contributed by atoms with Crippen LogP contribution in [0.2, 0.25) is 5.02 Å². The van der Waals surface area contributed by atoms with Crippen LogP contribution >= 0.6 is 11.6 Å². The second kappa shape index (κ2) is 6.54. The first-order chi connectivity index (χ1) is 11.8. The Bertz CT molecular complexity index is 1050. The zero-order valence-electron chi connectivity index (χ0n) is 13.7. The maximum Gasteiger partial charge on any atom is 0.356 e. The molecule has 0 aliphatic heterocycles. The van der Waals surface area contributed by atoms with Gasteiger partial charge in [0.1, 0.15) is 5.69 Å². The van der Waals surface area contributed by atoms with Gasteiger partial charge in [0.25, 0.3) is 10.0 Å². The summed E-state index contributed by atoms with van der Waals surface area (Å²) in [6.07, 6.45) is 0. The molecule has 0 amide bonds. The molecule has 0 aliphatic carbocycles. The SMILES string of the molecule is CCOC(=O)c1cc2cc(Cl)ccc2n1S(=O)(=O)c1ccc(C)cc1. The number of carbonyl (C=O) groups excluding carboxylic acids is 1. The number of aryl methyl sites for hydroxylation is 1. The Morgan fingerprint density at radius 1 is 1.12 bits per heavy atom. The molecule has 1 heterocycles. The highest BCUT2D eigenvalue weighted by Crippen LogP contribution is 2.28. The van der Waals surface area contributed by atoms with E-state index in [0.717, 1.165) is 9.54 Å². The first-order valence-electron chi connectivity index (χ1n) is 7.65. The molecule has 1 aromatic heterocycles. The molecule has 0 N–H and O–H groups in total. The van der Waals surface area contributed by atoms with Crippen molar-refractivity contribution < 1.29 is 17.9 Å². The van der Waals surface area contributed by atoms with Gasteiger partial charge in [-0.3, -0.25) is 0 Å². The molecular formula is C18H16ClNO4S. The molecule has 3 aromatic rings. The molecule has 0 aliphatic rings. The van der Waals surface area contributed by atoms with Crippen LogP contribution in [0.25, 0.3) is 10.9 Å². The third-order valence-electron chi connectivity index (χ3n) is 3.76. The Balaban J connectivity index is 2.31. The number of rotatable bonds is 4. The number of hydrogen-bond acceptors (Lipinski definition) is 4. The Morgan fingerprint density at radius 3 is 2.44 bits per heavy atom. The minimum absolute atomic E-state index is 0.0558. The van der Waals surface area contributed by atoms with Crippen LogP contribution < -0.4 is 0 Å². The largest absolute Gasteiger partial charge is 0.461 e. The van der Waals surface area contributed by atoms with E-state index in [0.29, 0.717) is 15.9 Å². The number of benzene rings is 2. The number of nitrogens with zero attached hydrogens (tertiary/aromatic N) is 1. The number of ether oxygens (including phenoxy) is 1. The zero-order valence-corrected chi connectivity index (χ0v) is 15.3. The Hall–Kier alpha value is -2.31. The summed E-state index contributed by atoms with van der Waals surface area (Å²) >= 11 is 5.99. The maximum atomic E-state index is 13.2. The van der Waals surface area contributed by atoms with Gasteiger partial charge in [0.2, 0.25) is 0 Å². The second-order valence-corrected chi connectivity index (χ2v) is 7.76. The minimum Gasteiger partial charge on any atom is -0.461 e. The lowest BCUT2D eigenvalue weighted by atomic mass is 10.2. The van der Waals surface area contributed by atoms with E-state index in [4.69, 9.17) is 16.3 Å². The number of aromatic nitrogens is 1. The zero-order chi connectivity index (χ0) is 18.2. The second-order valence-electron chi connectivity index (χ2n) is 5.54. The smallest absolute Gasteiger partial charge is 0.356 e. The molecule has 0 fully saturated rings. The van der Waals surface area contributed by atoms with Gasteiger partial charge >= 0.3 is 5.97 Å². The lowest BCUT2D eigenvalue weighted by molar-refractivity contribution is 0.0518. The highest BCUT2D eigenvalue weighted by molar-refractivity contribution is 7.90. The number of esters is 1. The third kappa shape index (κ3) is 3.15. The monoisotopic (exact) mass is 377 g/mol. The summed E-state index contributed by atoms with van der Waals surface area (Å²) in [5.74, 6) is -0.703. The van der Waals surface area contributed by atoms with Crippen LogP contribution in [0.15, 0.2) is 53.4 Å². The van der Waals surface area contributed by atoms with Crippen molar-refractivity contribution in [2.75, 3.05) is 6.61 Å². The predicted molar refractivity (Wildman–Crippen MR) is 96.7 cm³/mol. The topological polar surface area (TPSA) is 65.4 Å². The summed E-state index contributed by atoms with van der Waals surface area (Å²) < 4.78 is 32.4. The van der Waals surface area contributed by atoms with Crippen molar-refractivity contribution in [3.05, 3.63) is 64.8 Å². The Kier molecular flexibility index (Phi) is 4.58. The first-order valence-corrected chi connectivity index (χ1v) is 9.47. The summed E-state index contributed by atoms with van der Waals surface area (Å²) in [7, 11) is -3.97. The van der Waals surface area contributed by atoms with E-state index in [1.165, 1.54) is 18.2 Å². The van der Waals surface area contributed by atoms with Crippen LogP contribution in [0.5, 0.6) is 0 Å². The fourth-order valence-corrected chi connectivity index (χ4v) is 4.27. The lowest BCUT2D eigenvalue weighted by Crippen LogP contribution is -2.19. The fourth-order valence-electron chi connectivity index (χ4n) is 2.58. The lowest BCUT2D eigenvalue weighted by Gasteiger charge is -2.11. The van der Waals surface area contributed by atoms with E-state index in [9.17, 15) is 13.2 Å². The van der Waals surface area contributed by atoms with Crippen molar-refractivity contribution in [2.24, 2.45) is 0 Å². The molecule has 25 heavy (non-hydrogen) atoms. The van der Waals surface area contributed by atoms with Gasteiger partial charge in [-0.1, -0.05) is 29.3 Å². The van der Waals surface area contributed by atoms with E-state index in [1.54, 1.807) is 37.3 Å². The van der Waals surface area contributed by atoms with Crippen LogP contribution in [0, 0.1) is 6.92 Å². The van der Waals surface area contributed by atoms with Crippen molar-refractivity contribution >= 4 is 38.5 Å². The van der Waals surface area contributed by atoms with Crippen LogP contribution in [0.4, 0.5) is 0 Å². The van der Waals surface area contributed by atoms with Gasteiger partial charge in [0.05, 0.1) is 17.0 Å². The number of carbonyl (C=O) groups is 1. The summed E-state index contributed by atoms with van der Waals surface area (Å²) in [6.45, 7) is 3.68. The summed E-state index contributed by atoms with van der Waals surface area (Å²) in [5.41, 5.74) is 1.25. The normalized spacial score (nSPS) is 11.6. The summed E-state index contributed by atoms with van der Waals surface area (Å²) in [5, 5.41) is 0.999. The molecular weight excluding hydrogens is 362 g/mol. The molecule has 0 atom stereocenters. The van der Waals surface area contributed by atoms with Crippen LogP contribution in [-0.2, 0) is 14.8 Å². The highest BCUT2D eigenvalue weighted by atomic mass is 35.5. The minimum atomic E-state index is -3.97. The molecule has 2 aromatic carbocycles. The molecule has 0 spiro atoms. The van der Waals surface area contributed by atoms with Gasteiger partial charge in [-0.25, -0.2) is 17.2 Å². The van der Waals surface area contributed by atoms with Crippen molar-refractivity contribution in [3.8, 4) is 0 Å². The number of hydrogen-bond donors (Lipinski definition) is 0.